The van der Waals surface area contributed by atoms with Crippen LogP contribution in [0.2, 0.25) is 0 Å². The van der Waals surface area contributed by atoms with Gasteiger partial charge in [0.05, 0.1) is 5.56 Å². The molecule has 2 aromatic carbocycles. The van der Waals surface area contributed by atoms with E-state index >= 15 is 0 Å². The predicted octanol–water partition coefficient (Wildman–Crippen LogP) is 4.22. The van der Waals surface area contributed by atoms with E-state index in [1.807, 2.05) is 36.4 Å². The zero-order chi connectivity index (χ0) is 15.5. The van der Waals surface area contributed by atoms with E-state index in [0.717, 1.165) is 33.4 Å². The Morgan fingerprint density at radius 1 is 1.23 bits per heavy atom. The highest BCUT2D eigenvalue weighted by Gasteiger charge is 2.19. The molecule has 1 N–H and O–H groups in total. The predicted molar refractivity (Wildman–Crippen MR) is 93.7 cm³/mol. The number of carbonyl (C=O) groups excluding carboxylic acids is 1. The molecule has 0 aromatic heterocycles. The van der Waals surface area contributed by atoms with Gasteiger partial charge in [-0.1, -0.05) is 25.5 Å². The smallest absolute Gasteiger partial charge is 0.256 e. The van der Waals surface area contributed by atoms with Crippen molar-refractivity contribution in [1.29, 1.82) is 0 Å². The van der Waals surface area contributed by atoms with Gasteiger partial charge in [0.2, 0.25) is 6.79 Å². The number of ether oxygens (including phenoxy) is 2. The first-order valence-electron chi connectivity index (χ1n) is 7.17. The number of halogens is 1. The normalized spacial score (nSPS) is 12.3. The van der Waals surface area contributed by atoms with Crippen molar-refractivity contribution in [3.05, 3.63) is 51.1 Å². The van der Waals surface area contributed by atoms with E-state index in [9.17, 15) is 4.79 Å². The molecule has 3 rings (SSSR count). The van der Waals surface area contributed by atoms with Crippen molar-refractivity contribution < 1.29 is 14.3 Å². The SMILES string of the molecule is CCCc1cc2c(cc1NC(=O)c1ccccc1I)OCO2. The topological polar surface area (TPSA) is 47.6 Å². The maximum absolute atomic E-state index is 12.5. The van der Waals surface area contributed by atoms with Gasteiger partial charge >= 0.3 is 0 Å². The molecule has 0 radical (unpaired) electrons. The Morgan fingerprint density at radius 2 is 1.95 bits per heavy atom. The fourth-order valence-electron chi connectivity index (χ4n) is 2.41. The molecule has 1 aliphatic heterocycles. The number of nitrogens with one attached hydrogen (secondary N) is 1. The van der Waals surface area contributed by atoms with E-state index in [1.54, 1.807) is 0 Å². The first kappa shape index (κ1) is 15.1. The van der Waals surface area contributed by atoms with Crippen LogP contribution in [0.1, 0.15) is 29.3 Å². The summed E-state index contributed by atoms with van der Waals surface area (Å²) in [6, 6.07) is 11.3. The maximum atomic E-state index is 12.5. The van der Waals surface area contributed by atoms with Crippen LogP contribution in [0, 0.1) is 3.57 Å². The average molecular weight is 409 g/mol. The molecule has 2 aromatic rings. The molecule has 1 heterocycles. The lowest BCUT2D eigenvalue weighted by atomic mass is 10.1. The van der Waals surface area contributed by atoms with E-state index in [2.05, 4.69) is 34.8 Å². The van der Waals surface area contributed by atoms with Gasteiger partial charge < -0.3 is 14.8 Å². The van der Waals surface area contributed by atoms with Crippen LogP contribution in [-0.4, -0.2) is 12.7 Å². The minimum Gasteiger partial charge on any atom is -0.454 e. The van der Waals surface area contributed by atoms with Crippen molar-refractivity contribution in [2.75, 3.05) is 12.1 Å². The molecule has 1 aliphatic rings. The standard InChI is InChI=1S/C17H16INO3/c1-2-5-11-8-15-16(22-10-21-15)9-14(11)19-17(20)12-6-3-4-7-13(12)18/h3-4,6-9H,2,5,10H2,1H3,(H,19,20). The number of rotatable bonds is 4. The zero-order valence-corrected chi connectivity index (χ0v) is 14.3. The molecule has 0 spiro atoms. The van der Waals surface area contributed by atoms with Crippen LogP contribution in [0.15, 0.2) is 36.4 Å². The lowest BCUT2D eigenvalue weighted by molar-refractivity contribution is 0.102. The Kier molecular flexibility index (Phi) is 4.52. The third-order valence-electron chi connectivity index (χ3n) is 3.48. The minimum absolute atomic E-state index is 0.110. The second-order valence-electron chi connectivity index (χ2n) is 5.05. The van der Waals surface area contributed by atoms with Gasteiger partial charge in [-0.2, -0.15) is 0 Å². The molecule has 0 saturated heterocycles. The van der Waals surface area contributed by atoms with Crippen LogP contribution in [-0.2, 0) is 6.42 Å². The Morgan fingerprint density at radius 3 is 2.68 bits per heavy atom. The Labute approximate surface area is 143 Å². The van der Waals surface area contributed by atoms with Gasteiger partial charge in [0.25, 0.3) is 5.91 Å². The van der Waals surface area contributed by atoms with Crippen molar-refractivity contribution in [3.8, 4) is 11.5 Å². The molecule has 22 heavy (non-hydrogen) atoms. The molecule has 0 saturated carbocycles. The molecule has 0 bridgehead atoms. The second-order valence-corrected chi connectivity index (χ2v) is 6.21. The fraction of sp³-hybridized carbons (Fsp3) is 0.235. The third kappa shape index (κ3) is 3.04. The van der Waals surface area contributed by atoms with Gasteiger partial charge in [-0.05, 0) is 52.8 Å². The first-order chi connectivity index (χ1) is 10.7. The Balaban J connectivity index is 1.91. The molecule has 114 valence electrons. The summed E-state index contributed by atoms with van der Waals surface area (Å²) in [7, 11) is 0. The summed E-state index contributed by atoms with van der Waals surface area (Å²) in [5.74, 6) is 1.31. The lowest BCUT2D eigenvalue weighted by Crippen LogP contribution is -2.14. The highest BCUT2D eigenvalue weighted by molar-refractivity contribution is 14.1. The van der Waals surface area contributed by atoms with E-state index in [1.165, 1.54) is 0 Å². The third-order valence-corrected chi connectivity index (χ3v) is 4.43. The van der Waals surface area contributed by atoms with Gasteiger partial charge in [0, 0.05) is 15.3 Å². The van der Waals surface area contributed by atoms with Crippen LogP contribution in [0.4, 0.5) is 5.69 Å². The summed E-state index contributed by atoms with van der Waals surface area (Å²) < 4.78 is 11.7. The molecule has 4 nitrogen and oxygen atoms in total. The van der Waals surface area contributed by atoms with E-state index in [0.29, 0.717) is 11.3 Å². The van der Waals surface area contributed by atoms with Crippen LogP contribution in [0.3, 0.4) is 0 Å². The molecule has 0 unspecified atom stereocenters. The number of anilines is 1. The van der Waals surface area contributed by atoms with Crippen LogP contribution in [0.25, 0.3) is 0 Å². The number of fused-ring (bicyclic) bond motifs is 1. The highest BCUT2D eigenvalue weighted by atomic mass is 127. The van der Waals surface area contributed by atoms with Gasteiger partial charge in [0.15, 0.2) is 11.5 Å². The maximum Gasteiger partial charge on any atom is 0.256 e. The summed E-state index contributed by atoms with van der Waals surface area (Å²) in [5.41, 5.74) is 2.52. The molecular formula is C17H16INO3. The van der Waals surface area contributed by atoms with E-state index < -0.39 is 0 Å². The quantitative estimate of drug-likeness (QED) is 0.770. The van der Waals surface area contributed by atoms with Crippen molar-refractivity contribution in [1.82, 2.24) is 0 Å². The largest absolute Gasteiger partial charge is 0.454 e. The molecule has 0 aliphatic carbocycles. The summed E-state index contributed by atoms with van der Waals surface area (Å²) in [6.45, 7) is 2.34. The van der Waals surface area contributed by atoms with Crippen LogP contribution < -0.4 is 14.8 Å². The monoisotopic (exact) mass is 409 g/mol. The lowest BCUT2D eigenvalue weighted by Gasteiger charge is -2.12. The van der Waals surface area contributed by atoms with Crippen molar-refractivity contribution in [2.24, 2.45) is 0 Å². The van der Waals surface area contributed by atoms with Crippen LogP contribution in [0.5, 0.6) is 11.5 Å². The fourth-order valence-corrected chi connectivity index (χ4v) is 3.04. The van der Waals surface area contributed by atoms with E-state index in [-0.39, 0.29) is 12.7 Å². The number of aryl methyl sites for hydroxylation is 1. The molecule has 0 atom stereocenters. The number of benzene rings is 2. The molecule has 0 fully saturated rings. The van der Waals surface area contributed by atoms with Crippen molar-refractivity contribution >= 4 is 34.2 Å². The van der Waals surface area contributed by atoms with Gasteiger partial charge in [0.1, 0.15) is 0 Å². The number of hydrogen-bond donors (Lipinski definition) is 1. The number of hydrogen-bond acceptors (Lipinski definition) is 3. The minimum atomic E-state index is -0.110. The average Bonchev–Trinajstić information content (AvgIpc) is 2.95. The van der Waals surface area contributed by atoms with Gasteiger partial charge in [-0.25, -0.2) is 0 Å². The Bertz CT molecular complexity index is 715. The number of carbonyl (C=O) groups is 1. The zero-order valence-electron chi connectivity index (χ0n) is 12.2. The first-order valence-corrected chi connectivity index (χ1v) is 8.25. The molecule has 5 heteroatoms. The van der Waals surface area contributed by atoms with Crippen LogP contribution >= 0.6 is 22.6 Å². The van der Waals surface area contributed by atoms with Gasteiger partial charge in [-0.15, -0.1) is 0 Å². The Hall–Kier alpha value is -1.76. The molecule has 1 amide bonds. The van der Waals surface area contributed by atoms with Crippen molar-refractivity contribution in [2.45, 2.75) is 19.8 Å². The number of amides is 1. The molecular weight excluding hydrogens is 393 g/mol. The highest BCUT2D eigenvalue weighted by Crippen LogP contribution is 2.37. The van der Waals surface area contributed by atoms with E-state index in [4.69, 9.17) is 9.47 Å². The van der Waals surface area contributed by atoms with Gasteiger partial charge in [-0.3, -0.25) is 4.79 Å². The van der Waals surface area contributed by atoms with Crippen molar-refractivity contribution in [3.63, 3.8) is 0 Å². The summed E-state index contributed by atoms with van der Waals surface area (Å²) in [5, 5.41) is 3.00. The summed E-state index contributed by atoms with van der Waals surface area (Å²) in [4.78, 5) is 12.5. The summed E-state index contributed by atoms with van der Waals surface area (Å²) >= 11 is 2.17. The summed E-state index contributed by atoms with van der Waals surface area (Å²) in [6.07, 6.45) is 1.86. The second kappa shape index (κ2) is 6.56.